The van der Waals surface area contributed by atoms with Crippen molar-refractivity contribution in [3.05, 3.63) is 29.3 Å². The van der Waals surface area contributed by atoms with Gasteiger partial charge in [-0.1, -0.05) is 12.5 Å². The van der Waals surface area contributed by atoms with Gasteiger partial charge < -0.3 is 15.4 Å². The van der Waals surface area contributed by atoms with Crippen LogP contribution in [0, 0.1) is 0 Å². The molecule has 110 valence electrons. The number of ether oxygens (including phenoxy) is 1. The van der Waals surface area contributed by atoms with Crippen molar-refractivity contribution in [1.82, 2.24) is 4.90 Å². The lowest BCUT2D eigenvalue weighted by atomic mass is 10.0. The first-order valence-electron chi connectivity index (χ1n) is 7.95. The van der Waals surface area contributed by atoms with Crippen molar-refractivity contribution >= 4 is 0 Å². The molecule has 0 amide bonds. The maximum atomic E-state index is 6.06. The molecule has 20 heavy (non-hydrogen) atoms. The Kier molecular flexibility index (Phi) is 4.27. The van der Waals surface area contributed by atoms with Gasteiger partial charge in [-0.25, -0.2) is 0 Å². The molecule has 2 aliphatic rings. The summed E-state index contributed by atoms with van der Waals surface area (Å²) in [4.78, 5) is 2.48. The fourth-order valence-electron chi connectivity index (χ4n) is 3.54. The summed E-state index contributed by atoms with van der Waals surface area (Å²) in [5.74, 6) is 1.01. The molecule has 0 bridgehead atoms. The van der Waals surface area contributed by atoms with Gasteiger partial charge in [-0.3, -0.25) is 0 Å². The molecular weight excluding hydrogens is 248 g/mol. The van der Waals surface area contributed by atoms with Crippen LogP contribution in [0.25, 0.3) is 0 Å². The number of rotatable bonds is 4. The largest absolute Gasteiger partial charge is 0.494 e. The number of fused-ring (bicyclic) bond motifs is 1. The Morgan fingerprint density at radius 1 is 1.30 bits per heavy atom. The minimum absolute atomic E-state index is 0.231. The van der Waals surface area contributed by atoms with E-state index in [2.05, 4.69) is 30.1 Å². The van der Waals surface area contributed by atoms with Crippen LogP contribution in [0.15, 0.2) is 18.2 Å². The fraction of sp³-hybridized carbons (Fsp3) is 0.647. The Morgan fingerprint density at radius 2 is 2.20 bits per heavy atom. The Bertz CT molecular complexity index is 460. The average Bonchev–Trinajstić information content (AvgIpc) is 2.82. The third kappa shape index (κ3) is 2.99. The van der Waals surface area contributed by atoms with Crippen LogP contribution in [0.5, 0.6) is 5.75 Å². The van der Waals surface area contributed by atoms with E-state index < -0.39 is 0 Å². The van der Waals surface area contributed by atoms with Crippen molar-refractivity contribution in [3.63, 3.8) is 0 Å². The first-order valence-corrected chi connectivity index (χ1v) is 7.95. The van der Waals surface area contributed by atoms with Crippen molar-refractivity contribution < 1.29 is 4.74 Å². The van der Waals surface area contributed by atoms with Crippen molar-refractivity contribution in [2.24, 2.45) is 5.73 Å². The molecule has 0 saturated carbocycles. The van der Waals surface area contributed by atoms with Crippen molar-refractivity contribution in [1.29, 1.82) is 0 Å². The van der Waals surface area contributed by atoms with Gasteiger partial charge in [0.2, 0.25) is 0 Å². The van der Waals surface area contributed by atoms with Crippen LogP contribution in [0.3, 0.4) is 0 Å². The summed E-state index contributed by atoms with van der Waals surface area (Å²) in [6.07, 6.45) is 7.33. The number of hydrogen-bond acceptors (Lipinski definition) is 3. The molecule has 3 heteroatoms. The Morgan fingerprint density at radius 3 is 3.05 bits per heavy atom. The first kappa shape index (κ1) is 13.9. The molecule has 0 aromatic heterocycles. The quantitative estimate of drug-likeness (QED) is 0.917. The Hall–Kier alpha value is -1.06. The normalized spacial score (nSPS) is 26.5. The van der Waals surface area contributed by atoms with E-state index in [9.17, 15) is 0 Å². The number of piperidine rings is 1. The van der Waals surface area contributed by atoms with Gasteiger partial charge in [0.25, 0.3) is 0 Å². The van der Waals surface area contributed by atoms with Crippen molar-refractivity contribution in [3.8, 4) is 5.75 Å². The standard InChI is InChI=1S/C17H26N2O/c1-19-10-3-2-4-14(19)9-11-20-15-6-7-16-13(12-15)5-8-17(16)18/h6-7,12,14,17H,2-5,8-11,18H2,1H3. The maximum Gasteiger partial charge on any atom is 0.119 e. The Balaban J connectivity index is 1.51. The lowest BCUT2D eigenvalue weighted by Gasteiger charge is -2.32. The van der Waals surface area contributed by atoms with Crippen LogP contribution in [-0.2, 0) is 6.42 Å². The molecule has 0 spiro atoms. The maximum absolute atomic E-state index is 6.06. The molecular formula is C17H26N2O. The van der Waals surface area contributed by atoms with E-state index in [0.29, 0.717) is 6.04 Å². The zero-order valence-corrected chi connectivity index (χ0v) is 12.5. The first-order chi connectivity index (χ1) is 9.74. The van der Waals surface area contributed by atoms with Crippen LogP contribution < -0.4 is 10.5 Å². The van der Waals surface area contributed by atoms with E-state index in [-0.39, 0.29) is 6.04 Å². The molecule has 3 nitrogen and oxygen atoms in total. The topological polar surface area (TPSA) is 38.5 Å². The zero-order chi connectivity index (χ0) is 13.9. The third-order valence-corrected chi connectivity index (χ3v) is 4.88. The van der Waals surface area contributed by atoms with E-state index in [4.69, 9.17) is 10.5 Å². The monoisotopic (exact) mass is 274 g/mol. The Labute approximate surface area is 122 Å². The number of hydrogen-bond donors (Lipinski definition) is 1. The molecule has 2 unspecified atom stereocenters. The second-order valence-corrected chi connectivity index (χ2v) is 6.27. The van der Waals surface area contributed by atoms with E-state index in [1.807, 2.05) is 0 Å². The van der Waals surface area contributed by atoms with E-state index in [0.717, 1.165) is 31.6 Å². The summed E-state index contributed by atoms with van der Waals surface area (Å²) in [5.41, 5.74) is 8.75. The highest BCUT2D eigenvalue weighted by molar-refractivity contribution is 5.40. The SMILES string of the molecule is CN1CCCCC1CCOc1ccc2c(c1)CCC2N. The van der Waals surface area contributed by atoms with Gasteiger partial charge in [-0.15, -0.1) is 0 Å². The van der Waals surface area contributed by atoms with Gasteiger partial charge in [-0.2, -0.15) is 0 Å². The van der Waals surface area contributed by atoms with Crippen LogP contribution in [-0.4, -0.2) is 31.1 Å². The smallest absolute Gasteiger partial charge is 0.119 e. The molecule has 1 saturated heterocycles. The predicted octanol–water partition coefficient (Wildman–Crippen LogP) is 2.89. The highest BCUT2D eigenvalue weighted by atomic mass is 16.5. The highest BCUT2D eigenvalue weighted by Crippen LogP contribution is 2.32. The molecule has 1 aliphatic heterocycles. The van der Waals surface area contributed by atoms with Crippen LogP contribution in [0.1, 0.15) is 49.3 Å². The number of aryl methyl sites for hydroxylation is 1. The van der Waals surface area contributed by atoms with Gasteiger partial charge in [-0.05, 0) is 69.0 Å². The predicted molar refractivity (Wildman–Crippen MR) is 82.1 cm³/mol. The molecule has 3 rings (SSSR count). The summed E-state index contributed by atoms with van der Waals surface area (Å²) < 4.78 is 5.95. The highest BCUT2D eigenvalue weighted by Gasteiger charge is 2.20. The number of benzene rings is 1. The van der Waals surface area contributed by atoms with Crippen molar-refractivity contribution in [2.45, 2.75) is 50.6 Å². The van der Waals surface area contributed by atoms with E-state index in [1.54, 1.807) is 0 Å². The lowest BCUT2D eigenvalue weighted by Crippen LogP contribution is -2.37. The summed E-state index contributed by atoms with van der Waals surface area (Å²) in [5, 5.41) is 0. The average molecular weight is 274 g/mol. The van der Waals surface area contributed by atoms with Crippen molar-refractivity contribution in [2.75, 3.05) is 20.2 Å². The summed E-state index contributed by atoms with van der Waals surface area (Å²) in [6, 6.07) is 7.35. The molecule has 1 fully saturated rings. The second kappa shape index (κ2) is 6.15. The summed E-state index contributed by atoms with van der Waals surface area (Å²) >= 11 is 0. The van der Waals surface area contributed by atoms with Gasteiger partial charge in [0.15, 0.2) is 0 Å². The molecule has 1 heterocycles. The number of likely N-dealkylation sites (tertiary alicyclic amines) is 1. The van der Waals surface area contributed by atoms with E-state index in [1.165, 1.54) is 36.9 Å². The van der Waals surface area contributed by atoms with Gasteiger partial charge in [0.1, 0.15) is 5.75 Å². The van der Waals surface area contributed by atoms with Crippen LogP contribution in [0.4, 0.5) is 0 Å². The van der Waals surface area contributed by atoms with Gasteiger partial charge in [0.05, 0.1) is 6.61 Å². The van der Waals surface area contributed by atoms with Crippen LogP contribution >= 0.6 is 0 Å². The summed E-state index contributed by atoms with van der Waals surface area (Å²) in [6.45, 7) is 2.06. The lowest BCUT2D eigenvalue weighted by molar-refractivity contribution is 0.153. The molecule has 1 aromatic carbocycles. The van der Waals surface area contributed by atoms with E-state index >= 15 is 0 Å². The molecule has 1 aromatic rings. The van der Waals surface area contributed by atoms with Crippen LogP contribution in [0.2, 0.25) is 0 Å². The fourth-order valence-corrected chi connectivity index (χ4v) is 3.54. The number of nitrogens with two attached hydrogens (primary N) is 1. The minimum atomic E-state index is 0.231. The van der Waals surface area contributed by atoms with Gasteiger partial charge in [0, 0.05) is 12.1 Å². The molecule has 1 aliphatic carbocycles. The second-order valence-electron chi connectivity index (χ2n) is 6.27. The molecule has 0 radical (unpaired) electrons. The minimum Gasteiger partial charge on any atom is -0.494 e. The summed E-state index contributed by atoms with van der Waals surface area (Å²) in [7, 11) is 2.24. The molecule has 2 atom stereocenters. The van der Waals surface area contributed by atoms with Gasteiger partial charge >= 0.3 is 0 Å². The molecule has 2 N–H and O–H groups in total. The number of nitrogens with zero attached hydrogens (tertiary/aromatic N) is 1. The zero-order valence-electron chi connectivity index (χ0n) is 12.5. The third-order valence-electron chi connectivity index (χ3n) is 4.88.